The van der Waals surface area contributed by atoms with Gasteiger partial charge in [0.15, 0.2) is 0 Å². The van der Waals surface area contributed by atoms with Crippen molar-refractivity contribution in [2.75, 3.05) is 13.2 Å². The van der Waals surface area contributed by atoms with Crippen LogP contribution in [0.2, 0.25) is 0 Å². The molecule has 0 aliphatic heterocycles. The molecule has 0 heterocycles. The van der Waals surface area contributed by atoms with E-state index >= 15 is 0 Å². The first-order valence-electron chi connectivity index (χ1n) is 5.79. The summed E-state index contributed by atoms with van der Waals surface area (Å²) in [6.45, 7) is -5.64. The van der Waals surface area contributed by atoms with Crippen LogP contribution >= 0.6 is 0 Å². The predicted molar refractivity (Wildman–Crippen MR) is 38.2 cm³/mol. The van der Waals surface area contributed by atoms with Gasteiger partial charge in [-0.25, -0.2) is 0 Å². The van der Waals surface area contributed by atoms with Crippen LogP contribution in [0.4, 0.5) is 0 Å². The van der Waals surface area contributed by atoms with E-state index in [1.807, 2.05) is 0 Å². The lowest BCUT2D eigenvalue weighted by Crippen LogP contribution is -2.46. The van der Waals surface area contributed by atoms with Gasteiger partial charge in [-0.1, -0.05) is 0 Å². The van der Waals surface area contributed by atoms with Crippen molar-refractivity contribution in [3.8, 4) is 0 Å². The Balaban J connectivity index is 5.80. The van der Waals surface area contributed by atoms with E-state index in [2.05, 4.69) is 0 Å². The van der Waals surface area contributed by atoms with Crippen molar-refractivity contribution in [2.45, 2.75) is 24.3 Å². The van der Waals surface area contributed by atoms with E-state index in [-0.39, 0.29) is 0 Å². The fraction of sp³-hybridized carbons (Fsp3) is 1.00. The SMILES string of the molecule is [2H]C([2H])(O)[C@]([2H])(O)[C@@]([2H])(O)[C@]([2H])(O)[C@]([2H])(O)CO. The summed E-state index contributed by atoms with van der Waals surface area (Å²) in [5.74, 6) is 0. The summed E-state index contributed by atoms with van der Waals surface area (Å²) in [5, 5.41) is 54.4. The molecule has 0 aliphatic carbocycles. The minimum Gasteiger partial charge on any atom is -0.394 e. The average Bonchev–Trinajstić information content (AvgIpc) is 2.15. The van der Waals surface area contributed by atoms with Crippen LogP contribution in [0.1, 0.15) is 8.22 Å². The fourth-order valence-electron chi connectivity index (χ4n) is 0.377. The quantitative estimate of drug-likeness (QED) is 0.265. The van der Waals surface area contributed by atoms with E-state index in [0.717, 1.165) is 0 Å². The molecule has 0 rings (SSSR count). The second-order valence-electron chi connectivity index (χ2n) is 1.76. The van der Waals surface area contributed by atoms with Crippen LogP contribution in [0, 0.1) is 0 Å². The van der Waals surface area contributed by atoms with Crippen LogP contribution in [0.25, 0.3) is 0 Å². The summed E-state index contributed by atoms with van der Waals surface area (Å²) >= 11 is 0. The molecule has 0 aromatic rings. The molecule has 12 heavy (non-hydrogen) atoms. The van der Waals surface area contributed by atoms with Gasteiger partial charge in [0.05, 0.1) is 21.4 Å². The predicted octanol–water partition coefficient (Wildman–Crippen LogP) is -3.59. The zero-order valence-corrected chi connectivity index (χ0v) is 5.89. The molecule has 4 atom stereocenters. The molecular formula is C6H14O6. The Labute approximate surface area is 77.8 Å². The molecule has 0 saturated heterocycles. The van der Waals surface area contributed by atoms with Crippen molar-refractivity contribution in [3.63, 3.8) is 0 Å². The molecule has 0 spiro atoms. The maximum Gasteiger partial charge on any atom is 0.111 e. The zero-order valence-electron chi connectivity index (χ0n) is 11.9. The highest BCUT2D eigenvalue weighted by Gasteiger charge is 2.29. The van der Waals surface area contributed by atoms with Gasteiger partial charge in [-0.3, -0.25) is 0 Å². The molecule has 0 unspecified atom stereocenters. The summed E-state index contributed by atoms with van der Waals surface area (Å²) in [5.41, 5.74) is 0. The third-order valence-corrected chi connectivity index (χ3v) is 0.978. The van der Waals surface area contributed by atoms with E-state index in [9.17, 15) is 15.3 Å². The molecule has 6 heteroatoms. The van der Waals surface area contributed by atoms with Gasteiger partial charge in [0, 0.05) is 0 Å². The number of aliphatic hydroxyl groups is 6. The van der Waals surface area contributed by atoms with Crippen molar-refractivity contribution in [3.05, 3.63) is 0 Å². The molecular weight excluding hydrogens is 168 g/mol. The minimum absolute atomic E-state index is 1.67. The first kappa shape index (κ1) is 4.85. The molecule has 0 aromatic heterocycles. The van der Waals surface area contributed by atoms with Crippen LogP contribution in [0.15, 0.2) is 0 Å². The van der Waals surface area contributed by atoms with Crippen LogP contribution in [0.5, 0.6) is 0 Å². The lowest BCUT2D eigenvalue weighted by atomic mass is 10.0. The Morgan fingerprint density at radius 3 is 1.75 bits per heavy atom. The normalized spacial score (nSPS) is 40.5. The maximum atomic E-state index is 9.37. The molecule has 0 radical (unpaired) electrons. The Hall–Kier alpha value is -0.240. The van der Waals surface area contributed by atoms with Crippen molar-refractivity contribution >= 4 is 0 Å². The molecule has 0 amide bonds. The van der Waals surface area contributed by atoms with E-state index in [1.54, 1.807) is 0 Å². The fourth-order valence-corrected chi connectivity index (χ4v) is 0.377. The van der Waals surface area contributed by atoms with Gasteiger partial charge in [-0.2, -0.15) is 0 Å². The smallest absolute Gasteiger partial charge is 0.111 e. The molecule has 6 nitrogen and oxygen atoms in total. The lowest BCUT2D eigenvalue weighted by molar-refractivity contribution is -0.123. The van der Waals surface area contributed by atoms with E-state index in [1.165, 1.54) is 0 Å². The van der Waals surface area contributed by atoms with Crippen molar-refractivity contribution in [1.29, 1.82) is 0 Å². The van der Waals surface area contributed by atoms with Gasteiger partial charge in [-0.05, 0) is 0 Å². The maximum absolute atomic E-state index is 9.37. The van der Waals surface area contributed by atoms with Gasteiger partial charge in [0.2, 0.25) is 0 Å². The number of rotatable bonds is 5. The Morgan fingerprint density at radius 2 is 1.42 bits per heavy atom. The molecule has 0 saturated carbocycles. The number of hydrogen-bond acceptors (Lipinski definition) is 6. The van der Waals surface area contributed by atoms with Crippen molar-refractivity contribution in [2.24, 2.45) is 0 Å². The summed E-state index contributed by atoms with van der Waals surface area (Å²) in [6, 6.07) is 0. The first-order valence-corrected chi connectivity index (χ1v) is 2.79. The van der Waals surface area contributed by atoms with Crippen LogP contribution in [0.3, 0.4) is 0 Å². The van der Waals surface area contributed by atoms with Crippen LogP contribution in [-0.4, -0.2) is 68.1 Å². The molecule has 74 valence electrons. The third-order valence-electron chi connectivity index (χ3n) is 0.978. The van der Waals surface area contributed by atoms with Crippen molar-refractivity contribution in [1.82, 2.24) is 0 Å². The second-order valence-corrected chi connectivity index (χ2v) is 1.76. The molecule has 0 bridgehead atoms. The summed E-state index contributed by atoms with van der Waals surface area (Å²) in [7, 11) is 0. The van der Waals surface area contributed by atoms with Crippen molar-refractivity contribution < 1.29 is 38.9 Å². The highest BCUT2D eigenvalue weighted by atomic mass is 16.4. The standard InChI is InChI=1S/C6H14O6/c7-1-3(9)5(11)6(12)4(10)2-8/h3-12H,1-2H2/t3-,4+,5-,6-/m1/s1/i1D2,3D,4D,5D,6D/t3-,4+,5+,6+/m0. The van der Waals surface area contributed by atoms with Crippen LogP contribution < -0.4 is 0 Å². The van der Waals surface area contributed by atoms with E-state index in [4.69, 9.17) is 23.5 Å². The topological polar surface area (TPSA) is 121 Å². The summed E-state index contributed by atoms with van der Waals surface area (Å²) in [6.07, 6.45) is -16.2. The summed E-state index contributed by atoms with van der Waals surface area (Å²) in [4.78, 5) is 0. The highest BCUT2D eigenvalue weighted by Crippen LogP contribution is 2.03. The molecule has 0 fully saturated rings. The van der Waals surface area contributed by atoms with Gasteiger partial charge in [0.25, 0.3) is 0 Å². The van der Waals surface area contributed by atoms with Crippen LogP contribution in [-0.2, 0) is 0 Å². The number of aliphatic hydroxyl groups excluding tert-OH is 1. The lowest BCUT2D eigenvalue weighted by Gasteiger charge is -2.24. The average molecular weight is 188 g/mol. The highest BCUT2D eigenvalue weighted by molar-refractivity contribution is 4.79. The third kappa shape index (κ3) is 3.02. The largest absolute Gasteiger partial charge is 0.394 e. The second kappa shape index (κ2) is 5.41. The zero-order chi connectivity index (χ0) is 15.2. The van der Waals surface area contributed by atoms with Gasteiger partial charge >= 0.3 is 0 Å². The Kier molecular flexibility index (Phi) is 2.19. The Morgan fingerprint density at radius 1 is 1.00 bits per heavy atom. The Bertz CT molecular complexity index is 310. The first-order chi connectivity index (χ1) is 7.56. The minimum atomic E-state index is -4.27. The summed E-state index contributed by atoms with van der Waals surface area (Å²) < 4.78 is 41.2. The molecule has 0 aliphatic rings. The molecule has 6 N–H and O–H groups in total. The van der Waals surface area contributed by atoms with Gasteiger partial charge in [0.1, 0.15) is 24.3 Å². The number of hydrogen-bond donors (Lipinski definition) is 6. The van der Waals surface area contributed by atoms with Gasteiger partial charge < -0.3 is 30.6 Å². The monoisotopic (exact) mass is 188 g/mol. The molecule has 0 aromatic carbocycles. The van der Waals surface area contributed by atoms with E-state index in [0.29, 0.717) is 0 Å². The van der Waals surface area contributed by atoms with Gasteiger partial charge in [-0.15, -0.1) is 0 Å². The van der Waals surface area contributed by atoms with E-state index < -0.39 is 37.5 Å².